The van der Waals surface area contributed by atoms with Crippen LogP contribution in [0.5, 0.6) is 0 Å². The minimum absolute atomic E-state index is 0.212. The summed E-state index contributed by atoms with van der Waals surface area (Å²) in [4.78, 5) is 12.6. The average molecular weight is 360 g/mol. The highest BCUT2D eigenvalue weighted by atomic mass is 32.2. The summed E-state index contributed by atoms with van der Waals surface area (Å²) in [6.45, 7) is 2.65. The molecule has 2 aromatic carbocycles. The van der Waals surface area contributed by atoms with E-state index in [0.29, 0.717) is 30.0 Å². The van der Waals surface area contributed by atoms with E-state index in [4.69, 9.17) is 4.74 Å². The molecular weight excluding hydrogens is 340 g/mol. The summed E-state index contributed by atoms with van der Waals surface area (Å²) in [6, 6.07) is 10.3. The van der Waals surface area contributed by atoms with E-state index in [9.17, 15) is 13.2 Å². The van der Waals surface area contributed by atoms with Gasteiger partial charge in [-0.15, -0.1) is 0 Å². The van der Waals surface area contributed by atoms with Crippen LogP contribution in [0.25, 0.3) is 11.1 Å². The Morgan fingerprint density at radius 1 is 1.20 bits per heavy atom. The Morgan fingerprint density at radius 2 is 1.92 bits per heavy atom. The Balaban J connectivity index is 2.14. The number of nitrogens with one attached hydrogen (secondary N) is 1. The van der Waals surface area contributed by atoms with Gasteiger partial charge in [0.1, 0.15) is 0 Å². The lowest BCUT2D eigenvalue weighted by Crippen LogP contribution is -2.32. The summed E-state index contributed by atoms with van der Waals surface area (Å²) in [5.74, 6) is -0.212. The smallest absolute Gasteiger partial charge is 0.264 e. The van der Waals surface area contributed by atoms with Crippen LogP contribution in [0.3, 0.4) is 0 Å². The number of nitrogens with zero attached hydrogens (tertiary/aromatic N) is 1. The molecule has 0 spiro atoms. The molecule has 7 heteroatoms. The summed E-state index contributed by atoms with van der Waals surface area (Å²) in [6.07, 6.45) is 0. The molecule has 6 nitrogen and oxygen atoms in total. The minimum atomic E-state index is -3.59. The van der Waals surface area contributed by atoms with Gasteiger partial charge in [-0.05, 0) is 30.7 Å². The van der Waals surface area contributed by atoms with Crippen molar-refractivity contribution < 1.29 is 17.9 Å². The molecule has 1 aliphatic rings. The Bertz CT molecular complexity index is 938. The van der Waals surface area contributed by atoms with Gasteiger partial charge in [0.05, 0.1) is 17.2 Å². The van der Waals surface area contributed by atoms with Crippen LogP contribution in [-0.2, 0) is 14.8 Å². The highest BCUT2D eigenvalue weighted by molar-refractivity contribution is 7.93. The van der Waals surface area contributed by atoms with Gasteiger partial charge in [0.25, 0.3) is 15.9 Å². The second kappa shape index (κ2) is 6.50. The lowest BCUT2D eigenvalue weighted by Gasteiger charge is -2.31. The zero-order valence-electron chi connectivity index (χ0n) is 14.4. The SMILES string of the molecule is COCCNC(=O)c1cc(C)c2c(c1)-c1ccccc1S(=O)(=O)N2C. The van der Waals surface area contributed by atoms with Crippen molar-refractivity contribution in [2.24, 2.45) is 0 Å². The van der Waals surface area contributed by atoms with Crippen LogP contribution in [0.4, 0.5) is 5.69 Å². The third-order valence-electron chi connectivity index (χ3n) is 4.28. The van der Waals surface area contributed by atoms with Crippen LogP contribution in [0.15, 0.2) is 41.3 Å². The number of carbonyl (C=O) groups is 1. The molecule has 0 saturated heterocycles. The van der Waals surface area contributed by atoms with E-state index in [2.05, 4.69) is 5.32 Å². The zero-order valence-corrected chi connectivity index (χ0v) is 15.2. The van der Waals surface area contributed by atoms with E-state index in [-0.39, 0.29) is 10.8 Å². The summed E-state index contributed by atoms with van der Waals surface area (Å²) >= 11 is 0. The number of sulfonamides is 1. The van der Waals surface area contributed by atoms with Crippen LogP contribution in [0.1, 0.15) is 15.9 Å². The standard InChI is InChI=1S/C18H20N2O4S/c1-12-10-13(18(21)19-8-9-24-3)11-15-14-6-4-5-7-16(14)25(22,23)20(2)17(12)15/h4-7,10-11H,8-9H2,1-3H3,(H,19,21). The number of fused-ring (bicyclic) bond motifs is 3. The second-order valence-corrected chi connectivity index (χ2v) is 7.84. The molecule has 0 saturated carbocycles. The van der Waals surface area contributed by atoms with Gasteiger partial charge in [-0.1, -0.05) is 18.2 Å². The Kier molecular flexibility index (Phi) is 4.53. The van der Waals surface area contributed by atoms with E-state index in [1.807, 2.05) is 6.92 Å². The van der Waals surface area contributed by atoms with Crippen molar-refractivity contribution >= 4 is 21.6 Å². The van der Waals surface area contributed by atoms with Gasteiger partial charge in [0.2, 0.25) is 0 Å². The van der Waals surface area contributed by atoms with Crippen LogP contribution >= 0.6 is 0 Å². The number of hydrogen-bond donors (Lipinski definition) is 1. The van der Waals surface area contributed by atoms with Crippen molar-refractivity contribution in [1.82, 2.24) is 5.32 Å². The van der Waals surface area contributed by atoms with Gasteiger partial charge < -0.3 is 10.1 Å². The van der Waals surface area contributed by atoms with Gasteiger partial charge in [-0.25, -0.2) is 8.42 Å². The van der Waals surface area contributed by atoms with Crippen LogP contribution in [-0.4, -0.2) is 41.6 Å². The molecule has 0 radical (unpaired) electrons. The fourth-order valence-corrected chi connectivity index (χ4v) is 4.57. The maximum atomic E-state index is 12.7. The van der Waals surface area contributed by atoms with E-state index >= 15 is 0 Å². The first-order valence-electron chi connectivity index (χ1n) is 7.88. The normalized spacial score (nSPS) is 14.6. The quantitative estimate of drug-likeness (QED) is 0.848. The minimum Gasteiger partial charge on any atom is -0.383 e. The third-order valence-corrected chi connectivity index (χ3v) is 6.10. The van der Waals surface area contributed by atoms with Crippen molar-refractivity contribution in [3.8, 4) is 11.1 Å². The van der Waals surface area contributed by atoms with Crippen LogP contribution in [0.2, 0.25) is 0 Å². The predicted octanol–water partition coefficient (Wildman–Crippen LogP) is 2.18. The van der Waals surface area contributed by atoms with E-state index in [1.165, 1.54) is 11.4 Å². The van der Waals surface area contributed by atoms with Crippen molar-refractivity contribution in [1.29, 1.82) is 0 Å². The summed E-state index contributed by atoms with van der Waals surface area (Å²) < 4.78 is 31.7. The first kappa shape index (κ1) is 17.4. The van der Waals surface area contributed by atoms with Crippen LogP contribution < -0.4 is 9.62 Å². The number of benzene rings is 2. The molecule has 0 aliphatic carbocycles. The molecule has 1 amide bonds. The number of rotatable bonds is 4. The number of aryl methyl sites for hydroxylation is 1. The Morgan fingerprint density at radius 3 is 2.64 bits per heavy atom. The van der Waals surface area contributed by atoms with Crippen molar-refractivity contribution in [2.45, 2.75) is 11.8 Å². The fourth-order valence-electron chi connectivity index (χ4n) is 3.08. The molecule has 0 atom stereocenters. The van der Waals surface area contributed by atoms with Crippen molar-refractivity contribution in [3.05, 3.63) is 47.5 Å². The van der Waals surface area contributed by atoms with Crippen molar-refractivity contribution in [2.75, 3.05) is 31.6 Å². The molecule has 1 aliphatic heterocycles. The number of amides is 1. The lowest BCUT2D eigenvalue weighted by atomic mass is 9.96. The fraction of sp³-hybridized carbons (Fsp3) is 0.278. The number of ether oxygens (including phenoxy) is 1. The highest BCUT2D eigenvalue weighted by Crippen LogP contribution is 2.44. The molecule has 0 aromatic heterocycles. The molecule has 2 aromatic rings. The van der Waals surface area contributed by atoms with Gasteiger partial charge in [-0.2, -0.15) is 0 Å². The van der Waals surface area contributed by atoms with Crippen molar-refractivity contribution in [3.63, 3.8) is 0 Å². The molecular formula is C18H20N2O4S. The van der Waals surface area contributed by atoms with Gasteiger partial charge in [-0.3, -0.25) is 9.10 Å². The van der Waals surface area contributed by atoms with Gasteiger partial charge in [0.15, 0.2) is 0 Å². The van der Waals surface area contributed by atoms with E-state index in [0.717, 1.165) is 11.1 Å². The molecule has 0 unspecified atom stereocenters. The second-order valence-electron chi connectivity index (χ2n) is 5.91. The van der Waals surface area contributed by atoms with Crippen LogP contribution in [0, 0.1) is 6.92 Å². The summed E-state index contributed by atoms with van der Waals surface area (Å²) in [7, 11) is -0.482. The summed E-state index contributed by atoms with van der Waals surface area (Å²) in [5, 5.41) is 2.79. The first-order valence-corrected chi connectivity index (χ1v) is 9.32. The van der Waals surface area contributed by atoms with Gasteiger partial charge >= 0.3 is 0 Å². The van der Waals surface area contributed by atoms with Gasteiger partial charge in [0, 0.05) is 37.4 Å². The zero-order chi connectivity index (χ0) is 18.2. The maximum Gasteiger partial charge on any atom is 0.264 e. The number of methoxy groups -OCH3 is 1. The molecule has 0 bridgehead atoms. The Hall–Kier alpha value is -2.38. The summed E-state index contributed by atoms with van der Waals surface area (Å²) in [5.41, 5.74) is 3.19. The number of anilines is 1. The third kappa shape index (κ3) is 2.89. The molecule has 132 valence electrons. The molecule has 3 rings (SSSR count). The molecule has 1 heterocycles. The number of carbonyl (C=O) groups excluding carboxylic acids is 1. The first-order chi connectivity index (χ1) is 11.9. The molecule has 1 N–H and O–H groups in total. The van der Waals surface area contributed by atoms with E-state index in [1.54, 1.807) is 43.5 Å². The highest BCUT2D eigenvalue weighted by Gasteiger charge is 2.33. The molecule has 0 fully saturated rings. The number of hydrogen-bond acceptors (Lipinski definition) is 4. The average Bonchev–Trinajstić information content (AvgIpc) is 2.59. The molecule has 25 heavy (non-hydrogen) atoms. The maximum absolute atomic E-state index is 12.7. The largest absolute Gasteiger partial charge is 0.383 e. The Labute approximate surface area is 147 Å². The monoisotopic (exact) mass is 360 g/mol. The predicted molar refractivity (Wildman–Crippen MR) is 96.4 cm³/mol. The topological polar surface area (TPSA) is 75.7 Å². The van der Waals surface area contributed by atoms with E-state index < -0.39 is 10.0 Å². The lowest BCUT2D eigenvalue weighted by molar-refractivity contribution is 0.0937.